The maximum absolute atomic E-state index is 10.2. The van der Waals surface area contributed by atoms with Crippen molar-refractivity contribution in [2.24, 2.45) is 4.99 Å². The lowest BCUT2D eigenvalue weighted by molar-refractivity contribution is 0.0671. The molecule has 1 N–H and O–H groups in total. The maximum atomic E-state index is 10.2. The lowest BCUT2D eigenvalue weighted by Gasteiger charge is -2.33. The number of hydrogen-bond acceptors (Lipinski definition) is 5. The molecule has 3 heterocycles. The molecule has 5 nitrogen and oxygen atoms in total. The van der Waals surface area contributed by atoms with Crippen LogP contribution in [0.5, 0.6) is 0 Å². The second kappa shape index (κ2) is 7.10. The van der Waals surface area contributed by atoms with Crippen molar-refractivity contribution >= 4 is 18.6 Å². The van der Waals surface area contributed by atoms with E-state index in [2.05, 4.69) is 28.8 Å². The molecule has 0 radical (unpaired) electrons. The second-order valence-electron chi connectivity index (χ2n) is 7.52. The topological polar surface area (TPSA) is 48.3 Å². The zero-order chi connectivity index (χ0) is 17.4. The Balaban J connectivity index is 1.72. The van der Waals surface area contributed by atoms with Crippen LogP contribution in [0.3, 0.4) is 0 Å². The fraction of sp³-hybridized carbons (Fsp3) is 0.632. The Kier molecular flexibility index (Phi) is 4.85. The normalized spacial score (nSPS) is 24.2. The van der Waals surface area contributed by atoms with Crippen molar-refractivity contribution in [2.45, 2.75) is 45.5 Å². The highest BCUT2D eigenvalue weighted by Gasteiger charge is 2.34. The van der Waals surface area contributed by atoms with Gasteiger partial charge in [0.25, 0.3) is 0 Å². The first-order chi connectivity index (χ1) is 12.1. The van der Waals surface area contributed by atoms with Crippen LogP contribution in [0.1, 0.15) is 42.0 Å². The molecule has 0 spiro atoms. The Morgan fingerprint density at radius 2 is 2.00 bits per heavy atom. The van der Waals surface area contributed by atoms with E-state index in [1.165, 1.54) is 22.5 Å². The van der Waals surface area contributed by atoms with Crippen LogP contribution in [0.15, 0.2) is 17.1 Å². The Morgan fingerprint density at radius 1 is 1.20 bits per heavy atom. The lowest BCUT2D eigenvalue weighted by atomic mass is 9.82. The molecule has 3 aliphatic rings. The van der Waals surface area contributed by atoms with E-state index in [1.54, 1.807) is 0 Å². The molecular weight excluding hydrogens is 313 g/mol. The largest absolute Gasteiger partial charge is 0.437 e. The standard InChI is InChI=1S/C19H28BN3O2/c1-14-12-15-5-6-18(22-8-10-25-11-9-22)21-19(15)16(13-14)17-4-3-7-23(17)20(2)24/h12-13,17,24H,3-11H2,1-2H3. The summed E-state index contributed by atoms with van der Waals surface area (Å²) in [4.78, 5) is 9.73. The molecule has 1 unspecified atom stereocenters. The quantitative estimate of drug-likeness (QED) is 0.840. The minimum absolute atomic E-state index is 0.279. The number of benzene rings is 1. The number of ether oxygens (including phenoxy) is 1. The van der Waals surface area contributed by atoms with Crippen molar-refractivity contribution in [2.75, 3.05) is 32.8 Å². The van der Waals surface area contributed by atoms with E-state index in [9.17, 15) is 5.02 Å². The van der Waals surface area contributed by atoms with Crippen LogP contribution >= 0.6 is 0 Å². The van der Waals surface area contributed by atoms with Gasteiger partial charge in [0.05, 0.1) is 18.9 Å². The Labute approximate surface area is 150 Å². The Morgan fingerprint density at radius 3 is 2.76 bits per heavy atom. The minimum Gasteiger partial charge on any atom is -0.437 e. The lowest BCUT2D eigenvalue weighted by Crippen LogP contribution is -2.41. The third kappa shape index (κ3) is 3.35. The second-order valence-corrected chi connectivity index (χ2v) is 7.52. The number of fused-ring (bicyclic) bond motifs is 1. The Bertz CT molecular complexity index is 671. The van der Waals surface area contributed by atoms with E-state index in [1.807, 2.05) is 6.82 Å². The van der Waals surface area contributed by atoms with Crippen LogP contribution in [-0.2, 0) is 11.2 Å². The summed E-state index contributed by atoms with van der Waals surface area (Å²) in [5.74, 6) is 1.21. The van der Waals surface area contributed by atoms with Gasteiger partial charge >= 0.3 is 7.05 Å². The molecule has 6 heteroatoms. The van der Waals surface area contributed by atoms with Crippen LogP contribution in [-0.4, -0.2) is 60.5 Å². The molecule has 2 fully saturated rings. The summed E-state index contributed by atoms with van der Waals surface area (Å²) >= 11 is 0. The van der Waals surface area contributed by atoms with E-state index in [0.29, 0.717) is 0 Å². The molecule has 0 aliphatic carbocycles. The summed E-state index contributed by atoms with van der Waals surface area (Å²) in [5, 5.41) is 10.2. The van der Waals surface area contributed by atoms with Gasteiger partial charge in [-0.25, -0.2) is 4.99 Å². The molecule has 2 saturated heterocycles. The highest BCUT2D eigenvalue weighted by atomic mass is 16.5. The molecule has 134 valence electrons. The molecule has 0 aromatic heterocycles. The van der Waals surface area contributed by atoms with Crippen LogP contribution in [0, 0.1) is 6.92 Å². The van der Waals surface area contributed by atoms with Gasteiger partial charge in [-0.3, -0.25) is 0 Å². The summed E-state index contributed by atoms with van der Waals surface area (Å²) in [6.07, 6.45) is 4.31. The van der Waals surface area contributed by atoms with Crippen molar-refractivity contribution in [1.82, 2.24) is 9.71 Å². The smallest absolute Gasteiger partial charge is 0.376 e. The van der Waals surface area contributed by atoms with Gasteiger partial charge in [0.2, 0.25) is 0 Å². The van der Waals surface area contributed by atoms with Gasteiger partial charge in [-0.2, -0.15) is 0 Å². The van der Waals surface area contributed by atoms with Crippen LogP contribution in [0.2, 0.25) is 6.82 Å². The van der Waals surface area contributed by atoms with Gasteiger partial charge < -0.3 is 19.5 Å². The third-order valence-corrected chi connectivity index (χ3v) is 5.73. The molecule has 4 rings (SSSR count). The summed E-state index contributed by atoms with van der Waals surface area (Å²) in [7, 11) is -0.407. The highest BCUT2D eigenvalue weighted by Crippen LogP contribution is 2.41. The summed E-state index contributed by atoms with van der Waals surface area (Å²) in [6, 6.07) is 4.86. The molecule has 1 atom stereocenters. The summed E-state index contributed by atoms with van der Waals surface area (Å²) < 4.78 is 5.49. The number of amidine groups is 1. The number of aliphatic imine (C=N–C) groups is 1. The molecule has 25 heavy (non-hydrogen) atoms. The fourth-order valence-electron chi connectivity index (χ4n) is 4.52. The Hall–Kier alpha value is -1.37. The SMILES string of the molecule is CB(O)N1CCCC1c1cc(C)cc2c1N=C(N1CCOCC1)CC2. The fourth-order valence-corrected chi connectivity index (χ4v) is 4.52. The van der Waals surface area contributed by atoms with Crippen LogP contribution in [0.25, 0.3) is 0 Å². The zero-order valence-corrected chi connectivity index (χ0v) is 15.4. The molecular formula is C19H28BN3O2. The maximum Gasteiger partial charge on any atom is 0.376 e. The van der Waals surface area contributed by atoms with Crippen molar-refractivity contribution in [3.05, 3.63) is 28.8 Å². The van der Waals surface area contributed by atoms with Gasteiger partial charge in [0.1, 0.15) is 5.84 Å². The van der Waals surface area contributed by atoms with Gasteiger partial charge in [-0.05, 0) is 50.7 Å². The van der Waals surface area contributed by atoms with Crippen molar-refractivity contribution in [1.29, 1.82) is 0 Å². The molecule has 3 aliphatic heterocycles. The molecule has 0 amide bonds. The highest BCUT2D eigenvalue weighted by molar-refractivity contribution is 6.45. The van der Waals surface area contributed by atoms with E-state index in [0.717, 1.165) is 64.2 Å². The average Bonchev–Trinajstić information content (AvgIpc) is 3.11. The number of morpholine rings is 1. The van der Waals surface area contributed by atoms with E-state index >= 15 is 0 Å². The van der Waals surface area contributed by atoms with E-state index in [4.69, 9.17) is 9.73 Å². The number of rotatable bonds is 2. The predicted molar refractivity (Wildman–Crippen MR) is 102 cm³/mol. The van der Waals surface area contributed by atoms with Gasteiger partial charge in [0, 0.05) is 25.6 Å². The van der Waals surface area contributed by atoms with Crippen molar-refractivity contribution < 1.29 is 9.76 Å². The molecule has 1 aromatic carbocycles. The van der Waals surface area contributed by atoms with Gasteiger partial charge in [-0.15, -0.1) is 0 Å². The number of aryl methyl sites for hydroxylation is 2. The number of hydrogen-bond donors (Lipinski definition) is 1. The first-order valence-corrected chi connectivity index (χ1v) is 9.61. The van der Waals surface area contributed by atoms with E-state index in [-0.39, 0.29) is 6.04 Å². The molecule has 0 saturated carbocycles. The summed E-state index contributed by atoms with van der Waals surface area (Å²) in [6.45, 7) is 8.49. The predicted octanol–water partition coefficient (Wildman–Crippen LogP) is 2.55. The minimum atomic E-state index is -0.407. The monoisotopic (exact) mass is 341 g/mol. The van der Waals surface area contributed by atoms with Crippen molar-refractivity contribution in [3.63, 3.8) is 0 Å². The van der Waals surface area contributed by atoms with Crippen LogP contribution < -0.4 is 0 Å². The van der Waals surface area contributed by atoms with Crippen molar-refractivity contribution in [3.8, 4) is 0 Å². The average molecular weight is 341 g/mol. The van der Waals surface area contributed by atoms with Gasteiger partial charge in [0.15, 0.2) is 0 Å². The first-order valence-electron chi connectivity index (χ1n) is 9.61. The van der Waals surface area contributed by atoms with E-state index < -0.39 is 7.05 Å². The third-order valence-electron chi connectivity index (χ3n) is 5.73. The summed E-state index contributed by atoms with van der Waals surface area (Å²) in [5.41, 5.74) is 5.13. The molecule has 0 bridgehead atoms. The van der Waals surface area contributed by atoms with Gasteiger partial charge in [-0.1, -0.05) is 17.7 Å². The zero-order valence-electron chi connectivity index (χ0n) is 15.4. The number of nitrogens with zero attached hydrogens (tertiary/aromatic N) is 3. The molecule has 1 aromatic rings. The van der Waals surface area contributed by atoms with Crippen LogP contribution in [0.4, 0.5) is 5.69 Å². The first kappa shape index (κ1) is 17.1.